The van der Waals surface area contributed by atoms with Gasteiger partial charge in [0, 0.05) is 12.1 Å². The first-order valence-electron chi connectivity index (χ1n) is 7.59. The van der Waals surface area contributed by atoms with Crippen molar-refractivity contribution in [2.24, 2.45) is 11.0 Å². The third-order valence-corrected chi connectivity index (χ3v) is 5.64. The lowest BCUT2D eigenvalue weighted by molar-refractivity contribution is -0.124. The molecule has 1 amide bonds. The van der Waals surface area contributed by atoms with Gasteiger partial charge < -0.3 is 9.47 Å². The van der Waals surface area contributed by atoms with Gasteiger partial charge in [-0.2, -0.15) is 5.10 Å². The Hall–Kier alpha value is -2.09. The monoisotopic (exact) mass is 354 g/mol. The van der Waals surface area contributed by atoms with Crippen molar-refractivity contribution in [3.8, 4) is 11.5 Å². The maximum Gasteiger partial charge on any atom is 0.244 e. The Morgan fingerprint density at radius 3 is 2.58 bits per heavy atom. The van der Waals surface area contributed by atoms with Crippen molar-refractivity contribution in [1.29, 1.82) is 0 Å². The van der Waals surface area contributed by atoms with E-state index in [1.807, 2.05) is 18.2 Å². The molecule has 1 atom stereocenters. The molecule has 1 aromatic rings. The van der Waals surface area contributed by atoms with E-state index in [0.29, 0.717) is 30.1 Å². The Morgan fingerprint density at radius 1 is 1.29 bits per heavy atom. The predicted molar refractivity (Wildman–Crippen MR) is 91.3 cm³/mol. The van der Waals surface area contributed by atoms with Gasteiger partial charge in [0.05, 0.1) is 31.6 Å². The summed E-state index contributed by atoms with van der Waals surface area (Å²) in [6.07, 6.45) is 0.891. The number of methoxy groups -OCH3 is 2. The standard InChI is InChI=1S/C16H22N2O5S/c1-11(8-12-4-5-14(22-2)15(9-12)23-3)17-18-16(19)13-6-7-24(20,21)10-13/h4-5,9,13H,6-8,10H2,1-3H3,(H,18,19)/b17-11-/t13-/m0/s1. The molecule has 0 unspecified atom stereocenters. The summed E-state index contributed by atoms with van der Waals surface area (Å²) >= 11 is 0. The molecule has 8 heteroatoms. The van der Waals surface area contributed by atoms with E-state index in [9.17, 15) is 13.2 Å². The Labute approximate surface area is 142 Å². The van der Waals surface area contributed by atoms with Crippen molar-refractivity contribution >= 4 is 21.5 Å². The molecule has 1 fully saturated rings. The number of sulfone groups is 1. The maximum absolute atomic E-state index is 12.0. The second-order valence-electron chi connectivity index (χ2n) is 5.79. The molecule has 0 aliphatic carbocycles. The molecule has 0 aromatic heterocycles. The van der Waals surface area contributed by atoms with Crippen molar-refractivity contribution in [3.63, 3.8) is 0 Å². The normalized spacial score (nSPS) is 19.8. The molecule has 132 valence electrons. The molecule has 1 N–H and O–H groups in total. The molecule has 1 saturated heterocycles. The number of hydrogen-bond donors (Lipinski definition) is 1. The second-order valence-corrected chi connectivity index (χ2v) is 8.02. The maximum atomic E-state index is 12.0. The van der Waals surface area contributed by atoms with Crippen LogP contribution in [-0.4, -0.2) is 45.8 Å². The number of amides is 1. The summed E-state index contributed by atoms with van der Waals surface area (Å²) in [7, 11) is 0.0633. The van der Waals surface area contributed by atoms with E-state index in [2.05, 4.69) is 10.5 Å². The highest BCUT2D eigenvalue weighted by molar-refractivity contribution is 7.91. The van der Waals surface area contributed by atoms with Crippen LogP contribution in [0.3, 0.4) is 0 Å². The zero-order valence-electron chi connectivity index (χ0n) is 14.0. The summed E-state index contributed by atoms with van der Waals surface area (Å²) in [6, 6.07) is 5.55. The number of benzene rings is 1. The average Bonchev–Trinajstić information content (AvgIpc) is 2.92. The van der Waals surface area contributed by atoms with Crippen molar-refractivity contribution in [2.45, 2.75) is 19.8 Å². The number of nitrogens with zero attached hydrogens (tertiary/aromatic N) is 1. The fraction of sp³-hybridized carbons (Fsp3) is 0.500. The number of hydrazone groups is 1. The lowest BCUT2D eigenvalue weighted by Crippen LogP contribution is -2.28. The van der Waals surface area contributed by atoms with Crippen LogP contribution in [0.2, 0.25) is 0 Å². The molecular formula is C16H22N2O5S. The number of carbonyl (C=O) groups is 1. The number of hydrogen-bond acceptors (Lipinski definition) is 6. The van der Waals surface area contributed by atoms with Crippen LogP contribution in [0, 0.1) is 5.92 Å². The first kappa shape index (κ1) is 18.3. The summed E-state index contributed by atoms with van der Waals surface area (Å²) in [6.45, 7) is 1.79. The van der Waals surface area contributed by atoms with Gasteiger partial charge in [-0.25, -0.2) is 13.8 Å². The van der Waals surface area contributed by atoms with Gasteiger partial charge in [0.25, 0.3) is 0 Å². The molecule has 1 aliphatic heterocycles. The largest absolute Gasteiger partial charge is 0.493 e. The zero-order valence-corrected chi connectivity index (χ0v) is 14.9. The van der Waals surface area contributed by atoms with E-state index in [-0.39, 0.29) is 17.4 Å². The van der Waals surface area contributed by atoms with Gasteiger partial charge in [0.1, 0.15) is 0 Å². The Bertz CT molecular complexity index is 743. The minimum Gasteiger partial charge on any atom is -0.493 e. The van der Waals surface area contributed by atoms with Gasteiger partial charge in [0.15, 0.2) is 21.3 Å². The van der Waals surface area contributed by atoms with Crippen LogP contribution in [0.25, 0.3) is 0 Å². The first-order chi connectivity index (χ1) is 11.3. The van der Waals surface area contributed by atoms with Crippen molar-refractivity contribution in [3.05, 3.63) is 23.8 Å². The van der Waals surface area contributed by atoms with Crippen LogP contribution in [0.15, 0.2) is 23.3 Å². The topological polar surface area (TPSA) is 94.1 Å². The van der Waals surface area contributed by atoms with Gasteiger partial charge in [-0.15, -0.1) is 0 Å². The molecule has 1 aliphatic rings. The molecule has 1 heterocycles. The average molecular weight is 354 g/mol. The highest BCUT2D eigenvalue weighted by atomic mass is 32.2. The van der Waals surface area contributed by atoms with E-state index in [1.165, 1.54) is 0 Å². The summed E-state index contributed by atoms with van der Waals surface area (Å²) in [5, 5.41) is 4.06. The van der Waals surface area contributed by atoms with Gasteiger partial charge in [-0.05, 0) is 31.0 Å². The van der Waals surface area contributed by atoms with Crippen molar-refractivity contribution in [1.82, 2.24) is 5.43 Å². The van der Waals surface area contributed by atoms with Crippen LogP contribution < -0.4 is 14.9 Å². The molecular weight excluding hydrogens is 332 g/mol. The lowest BCUT2D eigenvalue weighted by atomic mass is 10.1. The number of nitrogens with one attached hydrogen (secondary N) is 1. The van der Waals surface area contributed by atoms with E-state index < -0.39 is 15.8 Å². The minimum atomic E-state index is -3.08. The van der Waals surface area contributed by atoms with Crippen LogP contribution in [0.4, 0.5) is 0 Å². The van der Waals surface area contributed by atoms with Crippen molar-refractivity contribution in [2.75, 3.05) is 25.7 Å². The number of rotatable bonds is 6. The molecule has 0 saturated carbocycles. The van der Waals surface area contributed by atoms with Crippen molar-refractivity contribution < 1.29 is 22.7 Å². The smallest absolute Gasteiger partial charge is 0.244 e. The van der Waals surface area contributed by atoms with Crippen LogP contribution in [0.5, 0.6) is 11.5 Å². The number of carbonyl (C=O) groups excluding carboxylic acids is 1. The zero-order chi connectivity index (χ0) is 17.7. The van der Waals surface area contributed by atoms with E-state index in [4.69, 9.17) is 9.47 Å². The summed E-state index contributed by atoms with van der Waals surface area (Å²) in [4.78, 5) is 12.0. The molecule has 0 spiro atoms. The summed E-state index contributed by atoms with van der Waals surface area (Å²) < 4.78 is 33.2. The quantitative estimate of drug-likeness (QED) is 0.611. The van der Waals surface area contributed by atoms with Crippen LogP contribution in [0.1, 0.15) is 18.9 Å². The van der Waals surface area contributed by atoms with Gasteiger partial charge in [-0.1, -0.05) is 6.07 Å². The molecule has 1 aromatic carbocycles. The Morgan fingerprint density at radius 2 is 2.00 bits per heavy atom. The lowest BCUT2D eigenvalue weighted by Gasteiger charge is -2.10. The second kappa shape index (κ2) is 7.65. The first-order valence-corrected chi connectivity index (χ1v) is 9.41. The van der Waals surface area contributed by atoms with Gasteiger partial charge >= 0.3 is 0 Å². The fourth-order valence-electron chi connectivity index (χ4n) is 2.57. The molecule has 7 nitrogen and oxygen atoms in total. The predicted octanol–water partition coefficient (Wildman–Crippen LogP) is 1.17. The van der Waals surface area contributed by atoms with E-state index in [0.717, 1.165) is 5.56 Å². The third-order valence-electron chi connectivity index (χ3n) is 3.87. The van der Waals surface area contributed by atoms with E-state index >= 15 is 0 Å². The molecule has 0 radical (unpaired) electrons. The van der Waals surface area contributed by atoms with Gasteiger partial charge in [-0.3, -0.25) is 4.79 Å². The highest BCUT2D eigenvalue weighted by Crippen LogP contribution is 2.27. The molecule has 0 bridgehead atoms. The highest BCUT2D eigenvalue weighted by Gasteiger charge is 2.32. The van der Waals surface area contributed by atoms with E-state index in [1.54, 1.807) is 21.1 Å². The molecule has 2 rings (SSSR count). The van der Waals surface area contributed by atoms with Gasteiger partial charge in [0.2, 0.25) is 5.91 Å². The third kappa shape index (κ3) is 4.70. The molecule has 24 heavy (non-hydrogen) atoms. The minimum absolute atomic E-state index is 0.0689. The summed E-state index contributed by atoms with van der Waals surface area (Å²) in [5.74, 6) is 0.396. The Balaban J connectivity index is 1.95. The Kier molecular flexibility index (Phi) is 5.82. The number of ether oxygens (including phenoxy) is 2. The van der Waals surface area contributed by atoms with Crippen LogP contribution >= 0.6 is 0 Å². The SMILES string of the molecule is COc1ccc(C/C(C)=N\NC(=O)[C@H]2CCS(=O)(=O)C2)cc1OC. The fourth-order valence-corrected chi connectivity index (χ4v) is 4.31. The summed E-state index contributed by atoms with van der Waals surface area (Å²) in [5.41, 5.74) is 4.13. The van der Waals surface area contributed by atoms with Crippen LogP contribution in [-0.2, 0) is 21.1 Å².